The Balaban J connectivity index is 2.69. The van der Waals surface area contributed by atoms with Gasteiger partial charge in [-0.1, -0.05) is 11.6 Å². The molecule has 1 atom stereocenters. The molecule has 0 spiro atoms. The molecule has 3 N–H and O–H groups in total. The molecular weight excluding hydrogens is 216 g/mol. The van der Waals surface area contributed by atoms with E-state index in [1.165, 1.54) is 0 Å². The molecule has 1 aromatic heterocycles. The second-order valence-corrected chi connectivity index (χ2v) is 3.84. The van der Waals surface area contributed by atoms with Crippen molar-refractivity contribution in [2.75, 3.05) is 0 Å². The molecule has 0 radical (unpaired) electrons. The Morgan fingerprint density at radius 1 is 1.73 bits per heavy atom. The third-order valence-corrected chi connectivity index (χ3v) is 2.75. The molecule has 0 saturated carbocycles. The van der Waals surface area contributed by atoms with Crippen LogP contribution in [0.2, 0.25) is 5.15 Å². The number of primary amides is 1. The standard InChI is InChI=1S/C9H15ClN4O/c1-5-7(8(10)14(3)13-5)4-12-6(2)9(11)15/h6,12H,4H2,1-3H3,(H2,11,15). The average Bonchev–Trinajstić information content (AvgIpc) is 2.38. The summed E-state index contributed by atoms with van der Waals surface area (Å²) in [6.07, 6.45) is 0. The van der Waals surface area contributed by atoms with Crippen molar-refractivity contribution in [3.05, 3.63) is 16.4 Å². The van der Waals surface area contributed by atoms with Crippen molar-refractivity contribution in [1.29, 1.82) is 0 Å². The highest BCUT2D eigenvalue weighted by molar-refractivity contribution is 6.30. The summed E-state index contributed by atoms with van der Waals surface area (Å²) in [5.74, 6) is -0.382. The summed E-state index contributed by atoms with van der Waals surface area (Å²) >= 11 is 6.02. The number of hydrogen-bond donors (Lipinski definition) is 2. The first-order chi connectivity index (χ1) is 6.93. The van der Waals surface area contributed by atoms with Crippen LogP contribution in [-0.2, 0) is 18.4 Å². The second kappa shape index (κ2) is 4.63. The van der Waals surface area contributed by atoms with Gasteiger partial charge in [-0.05, 0) is 13.8 Å². The summed E-state index contributed by atoms with van der Waals surface area (Å²) in [6, 6.07) is -0.374. The number of nitrogens with one attached hydrogen (secondary N) is 1. The van der Waals surface area contributed by atoms with Crippen LogP contribution in [0, 0.1) is 6.92 Å². The molecule has 0 aromatic carbocycles. The minimum atomic E-state index is -0.382. The third kappa shape index (κ3) is 2.70. The number of carbonyl (C=O) groups is 1. The fourth-order valence-corrected chi connectivity index (χ4v) is 1.47. The van der Waals surface area contributed by atoms with Gasteiger partial charge in [0.05, 0.1) is 11.7 Å². The molecule has 1 rings (SSSR count). The van der Waals surface area contributed by atoms with Crippen LogP contribution < -0.4 is 11.1 Å². The van der Waals surface area contributed by atoms with Gasteiger partial charge in [0.2, 0.25) is 5.91 Å². The second-order valence-electron chi connectivity index (χ2n) is 3.48. The normalized spacial score (nSPS) is 12.8. The monoisotopic (exact) mass is 230 g/mol. The van der Waals surface area contributed by atoms with E-state index < -0.39 is 0 Å². The van der Waals surface area contributed by atoms with Crippen LogP contribution >= 0.6 is 11.6 Å². The fraction of sp³-hybridized carbons (Fsp3) is 0.556. The van der Waals surface area contributed by atoms with Gasteiger partial charge in [0, 0.05) is 19.2 Å². The van der Waals surface area contributed by atoms with Gasteiger partial charge in [0.1, 0.15) is 5.15 Å². The predicted octanol–water partition coefficient (Wildman–Crippen LogP) is 0.345. The average molecular weight is 231 g/mol. The number of amides is 1. The maximum absolute atomic E-state index is 10.8. The van der Waals surface area contributed by atoms with E-state index in [9.17, 15) is 4.79 Å². The molecule has 0 aliphatic heterocycles. The first-order valence-corrected chi connectivity index (χ1v) is 5.02. The van der Waals surface area contributed by atoms with E-state index in [2.05, 4.69) is 10.4 Å². The molecule has 0 bridgehead atoms. The van der Waals surface area contributed by atoms with Crippen LogP contribution in [0.15, 0.2) is 0 Å². The lowest BCUT2D eigenvalue weighted by atomic mass is 10.2. The summed E-state index contributed by atoms with van der Waals surface area (Å²) in [4.78, 5) is 10.8. The molecule has 0 fully saturated rings. The maximum atomic E-state index is 10.8. The molecule has 6 heteroatoms. The largest absolute Gasteiger partial charge is 0.368 e. The summed E-state index contributed by atoms with van der Waals surface area (Å²) in [6.45, 7) is 4.07. The van der Waals surface area contributed by atoms with Crippen LogP contribution in [0.4, 0.5) is 0 Å². The van der Waals surface area contributed by atoms with E-state index in [-0.39, 0.29) is 11.9 Å². The quantitative estimate of drug-likeness (QED) is 0.784. The Labute approximate surface area is 93.6 Å². The topological polar surface area (TPSA) is 72.9 Å². The molecule has 0 saturated heterocycles. The van der Waals surface area contributed by atoms with Gasteiger partial charge in [-0.2, -0.15) is 5.10 Å². The highest BCUT2D eigenvalue weighted by atomic mass is 35.5. The number of nitrogens with zero attached hydrogens (tertiary/aromatic N) is 2. The van der Waals surface area contributed by atoms with Gasteiger partial charge in [-0.3, -0.25) is 9.48 Å². The van der Waals surface area contributed by atoms with Gasteiger partial charge in [0.15, 0.2) is 0 Å². The molecular formula is C9H15ClN4O. The first-order valence-electron chi connectivity index (χ1n) is 4.64. The van der Waals surface area contributed by atoms with Gasteiger partial charge in [-0.15, -0.1) is 0 Å². The summed E-state index contributed by atoms with van der Waals surface area (Å²) < 4.78 is 1.60. The first kappa shape index (κ1) is 12.0. The smallest absolute Gasteiger partial charge is 0.234 e. The Hall–Kier alpha value is -1.07. The van der Waals surface area contributed by atoms with Crippen molar-refractivity contribution in [1.82, 2.24) is 15.1 Å². The van der Waals surface area contributed by atoms with E-state index >= 15 is 0 Å². The van der Waals surface area contributed by atoms with Crippen molar-refractivity contribution in [3.8, 4) is 0 Å². The van der Waals surface area contributed by atoms with Crippen molar-refractivity contribution >= 4 is 17.5 Å². The van der Waals surface area contributed by atoms with Crippen molar-refractivity contribution in [2.45, 2.75) is 26.4 Å². The SMILES string of the molecule is Cc1nn(C)c(Cl)c1CNC(C)C(N)=O. The lowest BCUT2D eigenvalue weighted by molar-refractivity contribution is -0.119. The molecule has 5 nitrogen and oxygen atoms in total. The number of halogens is 1. The predicted molar refractivity (Wildman–Crippen MR) is 58.5 cm³/mol. The Morgan fingerprint density at radius 3 is 2.73 bits per heavy atom. The van der Waals surface area contributed by atoms with E-state index in [0.717, 1.165) is 11.3 Å². The molecule has 1 heterocycles. The van der Waals surface area contributed by atoms with Crippen LogP contribution in [0.5, 0.6) is 0 Å². The lowest BCUT2D eigenvalue weighted by Gasteiger charge is -2.09. The maximum Gasteiger partial charge on any atom is 0.234 e. The van der Waals surface area contributed by atoms with E-state index in [1.54, 1.807) is 18.7 Å². The summed E-state index contributed by atoms with van der Waals surface area (Å²) in [7, 11) is 1.77. The highest BCUT2D eigenvalue weighted by Gasteiger charge is 2.13. The van der Waals surface area contributed by atoms with Crippen molar-refractivity contribution in [2.24, 2.45) is 12.8 Å². The molecule has 0 aliphatic rings. The van der Waals surface area contributed by atoms with Crippen LogP contribution in [0.1, 0.15) is 18.2 Å². The Bertz CT molecular complexity index is 374. The number of nitrogens with two attached hydrogens (primary N) is 1. The highest BCUT2D eigenvalue weighted by Crippen LogP contribution is 2.18. The molecule has 15 heavy (non-hydrogen) atoms. The summed E-state index contributed by atoms with van der Waals surface area (Å²) in [5.41, 5.74) is 6.88. The van der Waals surface area contributed by atoms with E-state index in [1.807, 2.05) is 6.92 Å². The minimum absolute atomic E-state index is 0.374. The number of hydrogen-bond acceptors (Lipinski definition) is 3. The lowest BCUT2D eigenvalue weighted by Crippen LogP contribution is -2.38. The third-order valence-electron chi connectivity index (χ3n) is 2.28. The zero-order valence-electron chi connectivity index (χ0n) is 9.04. The van der Waals surface area contributed by atoms with E-state index in [4.69, 9.17) is 17.3 Å². The number of aryl methyl sites for hydroxylation is 2. The van der Waals surface area contributed by atoms with Gasteiger partial charge in [-0.25, -0.2) is 0 Å². The Kier molecular flexibility index (Phi) is 3.71. The summed E-state index contributed by atoms with van der Waals surface area (Å²) in [5, 5.41) is 7.72. The van der Waals surface area contributed by atoms with Crippen molar-refractivity contribution < 1.29 is 4.79 Å². The molecule has 1 unspecified atom stereocenters. The van der Waals surface area contributed by atoms with Crippen LogP contribution in [-0.4, -0.2) is 21.7 Å². The molecule has 1 aromatic rings. The number of carbonyl (C=O) groups excluding carboxylic acids is 1. The van der Waals surface area contributed by atoms with Gasteiger partial charge in [0.25, 0.3) is 0 Å². The molecule has 1 amide bonds. The number of aromatic nitrogens is 2. The molecule has 0 aliphatic carbocycles. The van der Waals surface area contributed by atoms with Gasteiger partial charge >= 0.3 is 0 Å². The van der Waals surface area contributed by atoms with E-state index in [0.29, 0.717) is 11.7 Å². The van der Waals surface area contributed by atoms with Crippen molar-refractivity contribution in [3.63, 3.8) is 0 Å². The molecule has 84 valence electrons. The number of rotatable bonds is 4. The van der Waals surface area contributed by atoms with Crippen LogP contribution in [0.3, 0.4) is 0 Å². The zero-order valence-corrected chi connectivity index (χ0v) is 9.80. The zero-order chi connectivity index (χ0) is 11.6. The Morgan fingerprint density at radius 2 is 2.33 bits per heavy atom. The minimum Gasteiger partial charge on any atom is -0.368 e. The van der Waals surface area contributed by atoms with Gasteiger partial charge < -0.3 is 11.1 Å². The van der Waals surface area contributed by atoms with Crippen LogP contribution in [0.25, 0.3) is 0 Å². The fourth-order valence-electron chi connectivity index (χ4n) is 1.23.